The molecule has 0 aliphatic heterocycles. The van der Waals surface area contributed by atoms with E-state index in [1.54, 1.807) is 0 Å². The minimum Gasteiger partial charge on any atom is -0.433 e. The number of carbonyl (C=O) groups excluding carboxylic acids is 1. The number of carbonyl (C=O) groups is 1. The Balaban J connectivity index is 2.86. The first kappa shape index (κ1) is 17.1. The highest BCUT2D eigenvalue weighted by Gasteiger charge is 2.21. The number of nitrogens with one attached hydrogen (secondary N) is 1. The fraction of sp³-hybridized carbons (Fsp3) is 0.462. The number of hydrogen-bond donors (Lipinski definition) is 2. The standard InChI is InChI=1S/C13H17F3N2O3/c1-13(2,20)7-18(3)12(19)17-9-6-8(14)4-5-10(9)21-11(15)16/h4-6,11,20H,7H2,1-3H3,(H,17,19). The molecular formula is C13H17F3N2O3. The molecule has 1 aromatic carbocycles. The maximum absolute atomic E-state index is 13.2. The normalized spacial score (nSPS) is 11.4. The van der Waals surface area contributed by atoms with E-state index in [-0.39, 0.29) is 18.0 Å². The number of nitrogens with zero attached hydrogens (tertiary/aromatic N) is 1. The van der Waals surface area contributed by atoms with E-state index in [2.05, 4.69) is 10.1 Å². The van der Waals surface area contributed by atoms with E-state index in [0.29, 0.717) is 0 Å². The van der Waals surface area contributed by atoms with Gasteiger partial charge in [-0.15, -0.1) is 0 Å². The summed E-state index contributed by atoms with van der Waals surface area (Å²) in [4.78, 5) is 13.0. The van der Waals surface area contributed by atoms with Crippen molar-refractivity contribution in [3.63, 3.8) is 0 Å². The summed E-state index contributed by atoms with van der Waals surface area (Å²) in [6.07, 6.45) is 0. The molecule has 0 fully saturated rings. The van der Waals surface area contributed by atoms with Crippen molar-refractivity contribution in [3.05, 3.63) is 24.0 Å². The van der Waals surface area contributed by atoms with Gasteiger partial charge in [0, 0.05) is 13.1 Å². The Morgan fingerprint density at radius 3 is 2.62 bits per heavy atom. The highest BCUT2D eigenvalue weighted by Crippen LogP contribution is 2.27. The zero-order chi connectivity index (χ0) is 16.2. The monoisotopic (exact) mass is 306 g/mol. The van der Waals surface area contributed by atoms with Gasteiger partial charge in [0.1, 0.15) is 11.6 Å². The Hall–Kier alpha value is -1.96. The molecule has 0 spiro atoms. The maximum Gasteiger partial charge on any atom is 0.387 e. The van der Waals surface area contributed by atoms with Crippen LogP contribution in [0.1, 0.15) is 13.8 Å². The predicted molar refractivity (Wildman–Crippen MR) is 71.0 cm³/mol. The molecule has 8 heteroatoms. The lowest BCUT2D eigenvalue weighted by atomic mass is 10.1. The molecule has 0 heterocycles. The molecule has 0 saturated carbocycles. The van der Waals surface area contributed by atoms with E-state index in [4.69, 9.17) is 0 Å². The Kier molecular flexibility index (Phi) is 5.42. The lowest BCUT2D eigenvalue weighted by Gasteiger charge is -2.26. The van der Waals surface area contributed by atoms with Crippen LogP contribution in [0.3, 0.4) is 0 Å². The fourth-order valence-electron chi connectivity index (χ4n) is 1.66. The van der Waals surface area contributed by atoms with Crippen LogP contribution in [0.4, 0.5) is 23.7 Å². The number of likely N-dealkylation sites (N-methyl/N-ethyl adjacent to an activating group) is 1. The number of amides is 2. The SMILES string of the molecule is CN(CC(C)(C)O)C(=O)Nc1cc(F)ccc1OC(F)F. The molecule has 2 N–H and O–H groups in total. The third kappa shape index (κ3) is 5.90. The maximum atomic E-state index is 13.2. The molecule has 0 aromatic heterocycles. The average Bonchev–Trinajstić information content (AvgIpc) is 2.30. The lowest BCUT2D eigenvalue weighted by Crippen LogP contribution is -2.41. The Bertz CT molecular complexity index is 504. The summed E-state index contributed by atoms with van der Waals surface area (Å²) in [5.74, 6) is -1.06. The molecule has 0 unspecified atom stereocenters. The quantitative estimate of drug-likeness (QED) is 0.879. The van der Waals surface area contributed by atoms with Crippen LogP contribution in [0.5, 0.6) is 5.75 Å². The van der Waals surface area contributed by atoms with Gasteiger partial charge in [0.15, 0.2) is 0 Å². The topological polar surface area (TPSA) is 61.8 Å². The van der Waals surface area contributed by atoms with E-state index < -0.39 is 24.1 Å². The second kappa shape index (κ2) is 6.66. The first-order chi connectivity index (χ1) is 9.58. The number of anilines is 1. The number of urea groups is 1. The highest BCUT2D eigenvalue weighted by atomic mass is 19.3. The van der Waals surface area contributed by atoms with Crippen LogP contribution in [0, 0.1) is 5.82 Å². The Labute approximate surface area is 120 Å². The number of rotatable bonds is 5. The number of ether oxygens (including phenoxy) is 1. The largest absolute Gasteiger partial charge is 0.433 e. The Morgan fingerprint density at radius 1 is 1.48 bits per heavy atom. The predicted octanol–water partition coefficient (Wildman–Crippen LogP) is 2.66. The van der Waals surface area contributed by atoms with Gasteiger partial charge >= 0.3 is 12.6 Å². The molecule has 0 radical (unpaired) electrons. The van der Waals surface area contributed by atoms with E-state index >= 15 is 0 Å². The molecule has 0 aliphatic rings. The summed E-state index contributed by atoms with van der Waals surface area (Å²) in [6.45, 7) is -0.0893. The molecule has 0 atom stereocenters. The molecule has 5 nitrogen and oxygen atoms in total. The van der Waals surface area contributed by atoms with Crippen LogP contribution < -0.4 is 10.1 Å². The molecule has 1 aromatic rings. The van der Waals surface area contributed by atoms with Gasteiger partial charge in [-0.05, 0) is 26.0 Å². The minimum absolute atomic E-state index is 0.000807. The van der Waals surface area contributed by atoms with Gasteiger partial charge in [0.25, 0.3) is 0 Å². The van der Waals surface area contributed by atoms with Crippen molar-refractivity contribution in [1.82, 2.24) is 4.90 Å². The molecule has 21 heavy (non-hydrogen) atoms. The average molecular weight is 306 g/mol. The molecule has 2 amide bonds. The van der Waals surface area contributed by atoms with Crippen LogP contribution in [-0.4, -0.2) is 41.8 Å². The number of benzene rings is 1. The van der Waals surface area contributed by atoms with Crippen LogP contribution in [0.15, 0.2) is 18.2 Å². The van der Waals surface area contributed by atoms with E-state index in [1.807, 2.05) is 0 Å². The lowest BCUT2D eigenvalue weighted by molar-refractivity contribution is -0.0494. The van der Waals surface area contributed by atoms with Crippen molar-refractivity contribution < 1.29 is 27.8 Å². The molecule has 0 bridgehead atoms. The van der Waals surface area contributed by atoms with Crippen LogP contribution in [0.25, 0.3) is 0 Å². The van der Waals surface area contributed by atoms with Crippen LogP contribution >= 0.6 is 0 Å². The molecule has 118 valence electrons. The Morgan fingerprint density at radius 2 is 2.10 bits per heavy atom. The van der Waals surface area contributed by atoms with Crippen molar-refractivity contribution in [2.75, 3.05) is 18.9 Å². The first-order valence-electron chi connectivity index (χ1n) is 6.07. The summed E-state index contributed by atoms with van der Waals surface area (Å²) >= 11 is 0. The second-order valence-corrected chi connectivity index (χ2v) is 5.12. The second-order valence-electron chi connectivity index (χ2n) is 5.12. The number of alkyl halides is 2. The van der Waals surface area contributed by atoms with Gasteiger partial charge in [-0.25, -0.2) is 9.18 Å². The van der Waals surface area contributed by atoms with Crippen molar-refractivity contribution >= 4 is 11.7 Å². The van der Waals surface area contributed by atoms with Crippen molar-refractivity contribution in [3.8, 4) is 5.75 Å². The van der Waals surface area contributed by atoms with Gasteiger partial charge in [0.2, 0.25) is 0 Å². The summed E-state index contributed by atoms with van der Waals surface area (Å²) in [5, 5.41) is 11.9. The third-order valence-corrected chi connectivity index (χ3v) is 2.37. The molecular weight excluding hydrogens is 289 g/mol. The van der Waals surface area contributed by atoms with Crippen LogP contribution in [0.2, 0.25) is 0 Å². The summed E-state index contributed by atoms with van der Waals surface area (Å²) in [6, 6.07) is 2.11. The number of aliphatic hydroxyl groups is 1. The molecule has 1 rings (SSSR count). The zero-order valence-electron chi connectivity index (χ0n) is 11.9. The van der Waals surface area contributed by atoms with Gasteiger partial charge in [0.05, 0.1) is 17.8 Å². The van der Waals surface area contributed by atoms with Crippen LogP contribution in [-0.2, 0) is 0 Å². The molecule has 0 aliphatic carbocycles. The van der Waals surface area contributed by atoms with Gasteiger partial charge in [-0.3, -0.25) is 0 Å². The number of hydrogen-bond acceptors (Lipinski definition) is 3. The minimum atomic E-state index is -3.10. The van der Waals surface area contributed by atoms with E-state index in [1.165, 1.54) is 20.9 Å². The van der Waals surface area contributed by atoms with E-state index in [0.717, 1.165) is 23.1 Å². The van der Waals surface area contributed by atoms with Crippen molar-refractivity contribution in [1.29, 1.82) is 0 Å². The zero-order valence-corrected chi connectivity index (χ0v) is 11.9. The number of halogens is 3. The third-order valence-electron chi connectivity index (χ3n) is 2.37. The van der Waals surface area contributed by atoms with Gasteiger partial charge < -0.3 is 20.1 Å². The highest BCUT2D eigenvalue weighted by molar-refractivity contribution is 5.90. The molecule has 0 saturated heterocycles. The smallest absolute Gasteiger partial charge is 0.387 e. The van der Waals surface area contributed by atoms with Crippen molar-refractivity contribution in [2.24, 2.45) is 0 Å². The van der Waals surface area contributed by atoms with E-state index in [9.17, 15) is 23.1 Å². The first-order valence-corrected chi connectivity index (χ1v) is 6.07. The van der Waals surface area contributed by atoms with Gasteiger partial charge in [-0.1, -0.05) is 0 Å². The summed E-state index contributed by atoms with van der Waals surface area (Å²) in [5.41, 5.74) is -1.35. The summed E-state index contributed by atoms with van der Waals surface area (Å²) in [7, 11) is 1.40. The summed E-state index contributed by atoms with van der Waals surface area (Å²) < 4.78 is 41.9. The fourth-order valence-corrected chi connectivity index (χ4v) is 1.66. The van der Waals surface area contributed by atoms with Gasteiger partial charge in [-0.2, -0.15) is 8.78 Å². The van der Waals surface area contributed by atoms with Crippen molar-refractivity contribution in [2.45, 2.75) is 26.1 Å².